The third-order valence-corrected chi connectivity index (χ3v) is 5.29. The molecule has 0 saturated heterocycles. The Morgan fingerprint density at radius 3 is 2.69 bits per heavy atom. The van der Waals surface area contributed by atoms with E-state index >= 15 is 0 Å². The maximum absolute atomic E-state index is 12.4. The van der Waals surface area contributed by atoms with Crippen LogP contribution in [0.5, 0.6) is 0 Å². The van der Waals surface area contributed by atoms with E-state index in [0.717, 1.165) is 16.9 Å². The van der Waals surface area contributed by atoms with Gasteiger partial charge < -0.3 is 15.0 Å². The molecular weight excluding hydrogens is 388 g/mol. The molecule has 1 amide bonds. The number of rotatable bonds is 7. The van der Waals surface area contributed by atoms with Gasteiger partial charge in [-0.25, -0.2) is 4.79 Å². The van der Waals surface area contributed by atoms with E-state index in [4.69, 9.17) is 4.74 Å². The molecular formula is C22H22N2O4S. The van der Waals surface area contributed by atoms with Crippen LogP contribution in [0.25, 0.3) is 10.9 Å². The van der Waals surface area contributed by atoms with Crippen molar-refractivity contribution in [3.05, 3.63) is 75.6 Å². The molecule has 0 aliphatic rings. The molecule has 1 heterocycles. The minimum absolute atomic E-state index is 0.0912. The van der Waals surface area contributed by atoms with Crippen LogP contribution < -0.4 is 10.7 Å². The predicted molar refractivity (Wildman–Crippen MR) is 116 cm³/mol. The number of benzene rings is 2. The van der Waals surface area contributed by atoms with Gasteiger partial charge in [0.2, 0.25) is 5.91 Å². The molecule has 0 fully saturated rings. The lowest BCUT2D eigenvalue weighted by Gasteiger charge is -2.08. The first-order valence-corrected chi connectivity index (χ1v) is 10.4. The summed E-state index contributed by atoms with van der Waals surface area (Å²) in [5, 5.41) is 3.32. The van der Waals surface area contributed by atoms with Gasteiger partial charge in [0, 0.05) is 34.1 Å². The number of aromatic amines is 1. The van der Waals surface area contributed by atoms with Crippen LogP contribution in [0.15, 0.2) is 53.3 Å². The van der Waals surface area contributed by atoms with E-state index in [9.17, 15) is 14.4 Å². The van der Waals surface area contributed by atoms with Gasteiger partial charge in [0.25, 0.3) is 0 Å². The molecule has 0 radical (unpaired) electrons. The molecule has 2 aromatic carbocycles. The number of para-hydroxylation sites is 1. The largest absolute Gasteiger partial charge is 0.462 e. The third kappa shape index (κ3) is 5.26. The molecule has 0 aliphatic carbocycles. The number of nitrogens with one attached hydrogen (secondary N) is 2. The van der Waals surface area contributed by atoms with Gasteiger partial charge in [0.1, 0.15) is 0 Å². The summed E-state index contributed by atoms with van der Waals surface area (Å²) in [5.41, 5.74) is 3.34. The van der Waals surface area contributed by atoms with E-state index in [1.807, 2.05) is 31.2 Å². The maximum atomic E-state index is 12.4. The summed E-state index contributed by atoms with van der Waals surface area (Å²) in [6.45, 7) is 3.95. The highest BCUT2D eigenvalue weighted by Gasteiger charge is 2.10. The number of anilines is 1. The van der Waals surface area contributed by atoms with Crippen molar-refractivity contribution in [3.63, 3.8) is 0 Å². The highest BCUT2D eigenvalue weighted by molar-refractivity contribution is 7.99. The first kappa shape index (κ1) is 20.7. The van der Waals surface area contributed by atoms with Gasteiger partial charge in [-0.1, -0.05) is 18.2 Å². The molecule has 0 spiro atoms. The lowest BCUT2D eigenvalue weighted by atomic mass is 10.1. The second kappa shape index (κ2) is 9.43. The highest BCUT2D eigenvalue weighted by atomic mass is 32.2. The standard InChI is InChI=1S/C22H22N2O4S/c1-3-28-22(27)15-8-9-19-17(10-15)20(25)11-16(23-19)12-29-13-21(26)24-18-7-5-4-6-14(18)2/h4-11H,3,12-13H2,1-2H3,(H,23,25)(H,24,26). The van der Waals surface area contributed by atoms with Gasteiger partial charge in [-0.2, -0.15) is 0 Å². The number of esters is 1. The number of carbonyl (C=O) groups excluding carboxylic acids is 2. The number of hydrogen-bond acceptors (Lipinski definition) is 5. The van der Waals surface area contributed by atoms with Gasteiger partial charge in [0.15, 0.2) is 5.43 Å². The van der Waals surface area contributed by atoms with Crippen molar-refractivity contribution in [2.75, 3.05) is 17.7 Å². The Bertz CT molecular complexity index is 1110. The smallest absolute Gasteiger partial charge is 0.338 e. The number of H-pyrrole nitrogens is 1. The fourth-order valence-electron chi connectivity index (χ4n) is 2.87. The summed E-state index contributed by atoms with van der Waals surface area (Å²) < 4.78 is 4.97. The van der Waals surface area contributed by atoms with Gasteiger partial charge in [0.05, 0.1) is 17.9 Å². The van der Waals surface area contributed by atoms with Gasteiger partial charge in [-0.3, -0.25) is 9.59 Å². The van der Waals surface area contributed by atoms with Crippen molar-refractivity contribution >= 4 is 40.2 Å². The Labute approximate surface area is 172 Å². The van der Waals surface area contributed by atoms with Crippen LogP contribution in [0.4, 0.5) is 5.69 Å². The molecule has 150 valence electrons. The molecule has 2 N–H and O–H groups in total. The Morgan fingerprint density at radius 1 is 1.14 bits per heavy atom. The number of fused-ring (bicyclic) bond motifs is 1. The maximum Gasteiger partial charge on any atom is 0.338 e. The molecule has 0 aliphatic heterocycles. The van der Waals surface area contributed by atoms with E-state index in [1.165, 1.54) is 17.8 Å². The monoisotopic (exact) mass is 410 g/mol. The van der Waals surface area contributed by atoms with E-state index in [-0.39, 0.29) is 23.7 Å². The van der Waals surface area contributed by atoms with Crippen LogP contribution >= 0.6 is 11.8 Å². The molecule has 3 rings (SSSR count). The summed E-state index contributed by atoms with van der Waals surface area (Å²) in [6, 6.07) is 14.0. The predicted octanol–water partition coefficient (Wildman–Crippen LogP) is 3.89. The number of aryl methyl sites for hydroxylation is 1. The lowest BCUT2D eigenvalue weighted by molar-refractivity contribution is -0.113. The van der Waals surface area contributed by atoms with Crippen molar-refractivity contribution in [1.82, 2.24) is 4.98 Å². The minimum atomic E-state index is -0.451. The number of pyridine rings is 1. The van der Waals surface area contributed by atoms with Crippen LogP contribution in [-0.4, -0.2) is 29.2 Å². The SMILES string of the molecule is CCOC(=O)c1ccc2[nH]c(CSCC(=O)Nc3ccccc3C)cc(=O)c2c1. The Kier molecular flexibility index (Phi) is 6.72. The molecule has 0 atom stereocenters. The van der Waals surface area contributed by atoms with Crippen LogP contribution in [0, 0.1) is 6.92 Å². The molecule has 7 heteroatoms. The zero-order chi connectivity index (χ0) is 20.8. The van der Waals surface area contributed by atoms with Crippen LogP contribution in [0.2, 0.25) is 0 Å². The molecule has 0 bridgehead atoms. The number of hydrogen-bond donors (Lipinski definition) is 2. The molecule has 1 aromatic heterocycles. The van der Waals surface area contributed by atoms with E-state index in [2.05, 4.69) is 10.3 Å². The summed E-state index contributed by atoms with van der Waals surface area (Å²) in [7, 11) is 0. The summed E-state index contributed by atoms with van der Waals surface area (Å²) in [4.78, 5) is 39.6. The second-order valence-corrected chi connectivity index (χ2v) is 7.48. The zero-order valence-electron chi connectivity index (χ0n) is 16.3. The Balaban J connectivity index is 1.64. The average molecular weight is 410 g/mol. The fourth-order valence-corrected chi connectivity index (χ4v) is 3.61. The van der Waals surface area contributed by atoms with Crippen molar-refractivity contribution < 1.29 is 14.3 Å². The molecule has 29 heavy (non-hydrogen) atoms. The molecule has 0 unspecified atom stereocenters. The van der Waals surface area contributed by atoms with E-state index in [1.54, 1.807) is 25.1 Å². The third-order valence-electron chi connectivity index (χ3n) is 4.31. The highest BCUT2D eigenvalue weighted by Crippen LogP contribution is 2.17. The number of thioether (sulfide) groups is 1. The van der Waals surface area contributed by atoms with E-state index in [0.29, 0.717) is 22.2 Å². The van der Waals surface area contributed by atoms with Gasteiger partial charge in [-0.15, -0.1) is 11.8 Å². The van der Waals surface area contributed by atoms with Crippen molar-refractivity contribution in [3.8, 4) is 0 Å². The second-order valence-electron chi connectivity index (χ2n) is 6.50. The van der Waals surface area contributed by atoms with E-state index < -0.39 is 5.97 Å². The summed E-state index contributed by atoms with van der Waals surface area (Å²) >= 11 is 1.42. The molecule has 6 nitrogen and oxygen atoms in total. The Hall–Kier alpha value is -3.06. The van der Waals surface area contributed by atoms with Gasteiger partial charge in [-0.05, 0) is 43.7 Å². The topological polar surface area (TPSA) is 88.3 Å². The van der Waals surface area contributed by atoms with Crippen molar-refractivity contribution in [2.24, 2.45) is 0 Å². The first-order chi connectivity index (χ1) is 14.0. The van der Waals surface area contributed by atoms with Gasteiger partial charge >= 0.3 is 5.97 Å². The summed E-state index contributed by atoms with van der Waals surface area (Å²) in [6.07, 6.45) is 0. The van der Waals surface area contributed by atoms with Crippen molar-refractivity contribution in [1.29, 1.82) is 0 Å². The first-order valence-electron chi connectivity index (χ1n) is 9.24. The number of carbonyl (C=O) groups is 2. The normalized spacial score (nSPS) is 10.7. The number of aromatic nitrogens is 1. The summed E-state index contributed by atoms with van der Waals surface area (Å²) in [5.74, 6) is 0.224. The Morgan fingerprint density at radius 2 is 1.93 bits per heavy atom. The van der Waals surface area contributed by atoms with Crippen LogP contribution in [-0.2, 0) is 15.3 Å². The molecule has 0 saturated carbocycles. The molecule has 3 aromatic rings. The van der Waals surface area contributed by atoms with Crippen LogP contribution in [0.3, 0.4) is 0 Å². The van der Waals surface area contributed by atoms with Crippen molar-refractivity contribution in [2.45, 2.75) is 19.6 Å². The number of amides is 1. The fraction of sp³-hybridized carbons (Fsp3) is 0.227. The lowest BCUT2D eigenvalue weighted by Crippen LogP contribution is -2.15. The van der Waals surface area contributed by atoms with Crippen LogP contribution in [0.1, 0.15) is 28.5 Å². The number of ether oxygens (including phenoxy) is 1. The zero-order valence-corrected chi connectivity index (χ0v) is 17.1. The quantitative estimate of drug-likeness (QED) is 0.577. The average Bonchev–Trinajstić information content (AvgIpc) is 2.70. The minimum Gasteiger partial charge on any atom is -0.462 e.